The van der Waals surface area contributed by atoms with Crippen molar-refractivity contribution in [3.8, 4) is 0 Å². The number of aromatic amines is 1. The van der Waals surface area contributed by atoms with Gasteiger partial charge in [0.2, 0.25) is 0 Å². The second kappa shape index (κ2) is 10.7. The summed E-state index contributed by atoms with van der Waals surface area (Å²) in [6.07, 6.45) is 6.69. The van der Waals surface area contributed by atoms with E-state index in [0.29, 0.717) is 19.5 Å². The standard InChI is InChI=1S/C30H32N4O/c31-18-10-1-2-11-19-34-28-17-9-7-15-25(28)29(22-12-4-3-5-13-22)33-27(30(34)35)20-23-21-32-26-16-8-6-14-24(23)26/h3-9,12-17,21,27,32H,1-2,10-11,18-20,31H2. The molecule has 178 valence electrons. The highest BCUT2D eigenvalue weighted by Crippen LogP contribution is 2.31. The number of aromatic nitrogens is 1. The van der Waals surface area contributed by atoms with E-state index in [1.165, 1.54) is 0 Å². The fourth-order valence-corrected chi connectivity index (χ4v) is 4.95. The van der Waals surface area contributed by atoms with Crippen LogP contribution in [0.3, 0.4) is 0 Å². The van der Waals surface area contributed by atoms with Crippen LogP contribution in [0.15, 0.2) is 90.1 Å². The molecule has 5 heteroatoms. The topological polar surface area (TPSA) is 74.5 Å². The zero-order chi connectivity index (χ0) is 24.0. The molecule has 1 unspecified atom stereocenters. The fraction of sp³-hybridized carbons (Fsp3) is 0.267. The number of hydrogen-bond donors (Lipinski definition) is 2. The number of nitrogens with one attached hydrogen (secondary N) is 1. The number of aliphatic imine (C=N–C) groups is 1. The van der Waals surface area contributed by atoms with Crippen molar-refractivity contribution in [3.63, 3.8) is 0 Å². The number of fused-ring (bicyclic) bond motifs is 2. The normalized spacial score (nSPS) is 15.7. The van der Waals surface area contributed by atoms with Crippen LogP contribution in [0.4, 0.5) is 5.69 Å². The molecule has 1 aliphatic rings. The summed E-state index contributed by atoms with van der Waals surface area (Å²) in [5.41, 5.74) is 11.7. The van der Waals surface area contributed by atoms with Gasteiger partial charge in [0.1, 0.15) is 6.04 Å². The molecule has 0 saturated heterocycles. The number of carbonyl (C=O) groups is 1. The number of hydrogen-bond acceptors (Lipinski definition) is 3. The lowest BCUT2D eigenvalue weighted by molar-refractivity contribution is -0.119. The molecule has 0 spiro atoms. The van der Waals surface area contributed by atoms with E-state index in [0.717, 1.165) is 64.7 Å². The van der Waals surface area contributed by atoms with Crippen molar-refractivity contribution in [1.29, 1.82) is 0 Å². The van der Waals surface area contributed by atoms with Gasteiger partial charge in [-0.3, -0.25) is 9.79 Å². The third kappa shape index (κ3) is 4.91. The molecule has 0 radical (unpaired) electrons. The summed E-state index contributed by atoms with van der Waals surface area (Å²) in [4.78, 5) is 24.5. The first kappa shape index (κ1) is 23.1. The molecule has 0 aliphatic carbocycles. The lowest BCUT2D eigenvalue weighted by atomic mass is 10.00. The molecule has 1 amide bonds. The Morgan fingerprint density at radius 3 is 2.46 bits per heavy atom. The summed E-state index contributed by atoms with van der Waals surface area (Å²) < 4.78 is 0. The number of H-pyrrole nitrogens is 1. The summed E-state index contributed by atoms with van der Waals surface area (Å²) in [6, 6.07) is 26.1. The van der Waals surface area contributed by atoms with E-state index >= 15 is 0 Å². The molecule has 3 N–H and O–H groups in total. The summed E-state index contributed by atoms with van der Waals surface area (Å²) in [6.45, 7) is 1.40. The van der Waals surface area contributed by atoms with Crippen LogP contribution in [0.5, 0.6) is 0 Å². The van der Waals surface area contributed by atoms with Gasteiger partial charge in [0.15, 0.2) is 0 Å². The first-order valence-electron chi connectivity index (χ1n) is 12.6. The van der Waals surface area contributed by atoms with Crippen molar-refractivity contribution in [1.82, 2.24) is 4.98 Å². The maximum atomic E-state index is 14.1. The maximum absolute atomic E-state index is 14.1. The molecule has 0 fully saturated rings. The highest BCUT2D eigenvalue weighted by Gasteiger charge is 2.32. The van der Waals surface area contributed by atoms with Crippen LogP contribution in [0.25, 0.3) is 10.9 Å². The van der Waals surface area contributed by atoms with Crippen LogP contribution in [-0.4, -0.2) is 35.7 Å². The zero-order valence-corrected chi connectivity index (χ0v) is 20.0. The third-order valence-electron chi connectivity index (χ3n) is 6.76. The van der Waals surface area contributed by atoms with Gasteiger partial charge in [0.25, 0.3) is 5.91 Å². The number of benzene rings is 3. The van der Waals surface area contributed by atoms with Crippen molar-refractivity contribution < 1.29 is 4.79 Å². The maximum Gasteiger partial charge on any atom is 0.252 e. The minimum absolute atomic E-state index is 0.0625. The van der Waals surface area contributed by atoms with Gasteiger partial charge in [-0.05, 0) is 37.1 Å². The zero-order valence-electron chi connectivity index (χ0n) is 20.0. The average Bonchev–Trinajstić information content (AvgIpc) is 3.27. The molecular formula is C30H32N4O. The van der Waals surface area contributed by atoms with Gasteiger partial charge in [-0.25, -0.2) is 0 Å². The second-order valence-corrected chi connectivity index (χ2v) is 9.13. The number of carbonyl (C=O) groups excluding carboxylic acids is 1. The quantitative estimate of drug-likeness (QED) is 0.322. The van der Waals surface area contributed by atoms with Gasteiger partial charge in [0.05, 0.1) is 11.4 Å². The molecule has 5 nitrogen and oxygen atoms in total. The number of anilines is 1. The van der Waals surface area contributed by atoms with Crippen molar-refractivity contribution in [2.24, 2.45) is 10.7 Å². The Labute approximate surface area is 206 Å². The molecule has 35 heavy (non-hydrogen) atoms. The highest BCUT2D eigenvalue weighted by atomic mass is 16.2. The molecule has 1 aliphatic heterocycles. The first-order chi connectivity index (χ1) is 17.3. The fourth-order valence-electron chi connectivity index (χ4n) is 4.95. The molecule has 1 atom stereocenters. The van der Waals surface area contributed by atoms with E-state index in [-0.39, 0.29) is 5.91 Å². The Hall–Kier alpha value is -3.70. The lowest BCUT2D eigenvalue weighted by Gasteiger charge is -2.25. The Morgan fingerprint density at radius 2 is 1.60 bits per heavy atom. The lowest BCUT2D eigenvalue weighted by Crippen LogP contribution is -2.39. The number of nitrogens with two attached hydrogens (primary N) is 1. The van der Waals surface area contributed by atoms with Gasteiger partial charge in [0, 0.05) is 41.2 Å². The molecule has 1 aromatic heterocycles. The summed E-state index contributed by atoms with van der Waals surface area (Å²) in [5, 5.41) is 1.15. The summed E-state index contributed by atoms with van der Waals surface area (Å²) in [7, 11) is 0. The first-order valence-corrected chi connectivity index (χ1v) is 12.6. The summed E-state index contributed by atoms with van der Waals surface area (Å²) in [5.74, 6) is 0.0625. The van der Waals surface area contributed by atoms with E-state index in [1.54, 1.807) is 0 Å². The Bertz CT molecular complexity index is 1320. The number of amides is 1. The second-order valence-electron chi connectivity index (χ2n) is 9.13. The number of para-hydroxylation sites is 2. The molecule has 5 rings (SSSR count). The Morgan fingerprint density at radius 1 is 0.857 bits per heavy atom. The molecule has 4 aromatic rings. The largest absolute Gasteiger partial charge is 0.361 e. The molecule has 0 bridgehead atoms. The van der Waals surface area contributed by atoms with Gasteiger partial charge in [-0.1, -0.05) is 79.6 Å². The number of benzodiazepines with no additional fused rings is 1. The third-order valence-corrected chi connectivity index (χ3v) is 6.76. The van der Waals surface area contributed by atoms with Crippen molar-refractivity contribution >= 4 is 28.2 Å². The average molecular weight is 465 g/mol. The SMILES string of the molecule is NCCCCCCN1C(=O)C(Cc2c[nH]c3ccccc23)N=C(c2ccccc2)c2ccccc21. The number of rotatable bonds is 9. The molecule has 2 heterocycles. The van der Waals surface area contributed by atoms with Crippen LogP contribution in [0.1, 0.15) is 42.4 Å². The van der Waals surface area contributed by atoms with Crippen LogP contribution >= 0.6 is 0 Å². The van der Waals surface area contributed by atoms with Crippen LogP contribution in [0, 0.1) is 0 Å². The van der Waals surface area contributed by atoms with Crippen LogP contribution in [0.2, 0.25) is 0 Å². The number of nitrogens with zero attached hydrogens (tertiary/aromatic N) is 2. The Balaban J connectivity index is 1.55. The van der Waals surface area contributed by atoms with E-state index < -0.39 is 6.04 Å². The van der Waals surface area contributed by atoms with Gasteiger partial charge >= 0.3 is 0 Å². The molecular weight excluding hydrogens is 432 g/mol. The molecule has 0 saturated carbocycles. The number of unbranched alkanes of at least 4 members (excludes halogenated alkanes) is 3. The van der Waals surface area contributed by atoms with E-state index in [9.17, 15) is 4.79 Å². The van der Waals surface area contributed by atoms with Gasteiger partial charge in [-0.15, -0.1) is 0 Å². The van der Waals surface area contributed by atoms with E-state index in [4.69, 9.17) is 10.7 Å². The monoisotopic (exact) mass is 464 g/mol. The minimum Gasteiger partial charge on any atom is -0.361 e. The predicted octanol–water partition coefficient (Wildman–Crippen LogP) is 5.48. The van der Waals surface area contributed by atoms with Crippen LogP contribution in [-0.2, 0) is 11.2 Å². The van der Waals surface area contributed by atoms with E-state index in [2.05, 4.69) is 41.4 Å². The smallest absolute Gasteiger partial charge is 0.252 e. The van der Waals surface area contributed by atoms with Crippen molar-refractivity contribution in [3.05, 3.63) is 102 Å². The summed E-state index contributed by atoms with van der Waals surface area (Å²) >= 11 is 0. The predicted molar refractivity (Wildman–Crippen MR) is 144 cm³/mol. The van der Waals surface area contributed by atoms with Gasteiger partial charge in [-0.2, -0.15) is 0 Å². The highest BCUT2D eigenvalue weighted by molar-refractivity contribution is 6.20. The Kier molecular flexibility index (Phi) is 7.05. The van der Waals surface area contributed by atoms with Crippen LogP contribution < -0.4 is 10.6 Å². The van der Waals surface area contributed by atoms with E-state index in [1.807, 2.05) is 53.6 Å². The minimum atomic E-state index is -0.499. The molecule has 3 aromatic carbocycles. The van der Waals surface area contributed by atoms with Crippen molar-refractivity contribution in [2.75, 3.05) is 18.0 Å². The van der Waals surface area contributed by atoms with Crippen molar-refractivity contribution in [2.45, 2.75) is 38.1 Å². The van der Waals surface area contributed by atoms with Gasteiger partial charge < -0.3 is 15.6 Å².